The maximum absolute atomic E-state index is 12.1. The Morgan fingerprint density at radius 1 is 0.935 bits per heavy atom. The van der Waals surface area contributed by atoms with Crippen molar-refractivity contribution in [1.29, 1.82) is 0 Å². The molecule has 0 aliphatic heterocycles. The first-order chi connectivity index (χ1) is 15.1. The van der Waals surface area contributed by atoms with Gasteiger partial charge in [-0.2, -0.15) is 0 Å². The molecule has 4 aliphatic carbocycles. The smallest absolute Gasteiger partial charge is 0.353 e. The lowest BCUT2D eigenvalue weighted by Gasteiger charge is -2.57. The van der Waals surface area contributed by atoms with Crippen molar-refractivity contribution in [3.8, 4) is 0 Å². The van der Waals surface area contributed by atoms with Crippen molar-refractivity contribution in [2.45, 2.75) is 44.1 Å². The van der Waals surface area contributed by atoms with E-state index in [0.717, 1.165) is 47.9 Å². The van der Waals surface area contributed by atoms with Crippen molar-refractivity contribution >= 4 is 33.9 Å². The fraction of sp³-hybridized carbons (Fsp3) is 0.435. The first kappa shape index (κ1) is 18.5. The Labute approximate surface area is 179 Å². The lowest BCUT2D eigenvalue weighted by atomic mass is 9.53. The number of pyridine rings is 1. The number of nitro groups is 1. The normalized spacial score (nSPS) is 28.6. The van der Waals surface area contributed by atoms with Crippen molar-refractivity contribution in [3.63, 3.8) is 0 Å². The van der Waals surface area contributed by atoms with Gasteiger partial charge >= 0.3 is 5.69 Å². The van der Waals surface area contributed by atoms with Crippen LogP contribution >= 0.6 is 0 Å². The highest BCUT2D eigenvalue weighted by Crippen LogP contribution is 2.57. The topological polar surface area (TPSA) is 106 Å². The Bertz CT molecular complexity index is 1140. The molecule has 2 N–H and O–H groups in total. The van der Waals surface area contributed by atoms with Gasteiger partial charge in [-0.05, 0) is 68.4 Å². The molecule has 158 valence electrons. The Balaban J connectivity index is 1.37. The van der Waals surface area contributed by atoms with Gasteiger partial charge in [0.2, 0.25) is 11.6 Å². The number of nitrogens with zero attached hydrogens (tertiary/aromatic N) is 4. The minimum Gasteiger partial charge on any atom is -0.359 e. The van der Waals surface area contributed by atoms with Gasteiger partial charge in [-0.25, -0.2) is 9.97 Å². The Morgan fingerprint density at radius 3 is 2.32 bits per heavy atom. The van der Waals surface area contributed by atoms with E-state index in [0.29, 0.717) is 11.5 Å². The van der Waals surface area contributed by atoms with Crippen LogP contribution in [-0.2, 0) is 0 Å². The molecule has 1 aromatic carbocycles. The van der Waals surface area contributed by atoms with Crippen molar-refractivity contribution in [3.05, 3.63) is 53.0 Å². The van der Waals surface area contributed by atoms with Crippen LogP contribution in [0.2, 0.25) is 0 Å². The molecule has 4 fully saturated rings. The third-order valence-electron chi connectivity index (χ3n) is 7.31. The van der Waals surface area contributed by atoms with Crippen molar-refractivity contribution in [2.75, 3.05) is 10.6 Å². The summed E-state index contributed by atoms with van der Waals surface area (Å²) in [4.78, 5) is 24.7. The predicted octanol–water partition coefficient (Wildman–Crippen LogP) is 5.06. The number of hydrogen-bond acceptors (Lipinski definition) is 7. The molecular weight excluding hydrogens is 392 g/mol. The number of nitrogens with one attached hydrogen (secondary N) is 2. The van der Waals surface area contributed by atoms with Crippen molar-refractivity contribution in [2.24, 2.45) is 17.8 Å². The van der Waals surface area contributed by atoms with Crippen LogP contribution in [0.4, 0.5) is 23.0 Å². The molecule has 7 rings (SSSR count). The van der Waals surface area contributed by atoms with Crippen LogP contribution in [-0.4, -0.2) is 25.4 Å². The van der Waals surface area contributed by atoms with E-state index in [9.17, 15) is 10.1 Å². The lowest BCUT2D eigenvalue weighted by molar-refractivity contribution is -0.383. The van der Waals surface area contributed by atoms with E-state index < -0.39 is 0 Å². The number of anilines is 3. The van der Waals surface area contributed by atoms with Gasteiger partial charge in [0.15, 0.2) is 0 Å². The van der Waals surface area contributed by atoms with E-state index in [1.165, 1.54) is 25.6 Å². The number of fused-ring (bicyclic) bond motifs is 1. The van der Waals surface area contributed by atoms with Gasteiger partial charge in [-0.15, -0.1) is 0 Å². The van der Waals surface area contributed by atoms with Gasteiger partial charge in [0.05, 0.1) is 16.1 Å². The van der Waals surface area contributed by atoms with Crippen LogP contribution in [0.3, 0.4) is 0 Å². The van der Waals surface area contributed by atoms with Gasteiger partial charge in [-0.1, -0.05) is 18.2 Å². The summed E-state index contributed by atoms with van der Waals surface area (Å²) < 4.78 is 0. The SMILES string of the molecule is O=[N+]([O-])c1c(Nc2cccc3cccnc23)ncnc1NC12CC3CC(CC(C3)C1)C2. The number of benzene rings is 1. The largest absolute Gasteiger partial charge is 0.359 e. The third-order valence-corrected chi connectivity index (χ3v) is 7.31. The molecule has 0 saturated heterocycles. The van der Waals surface area contributed by atoms with E-state index >= 15 is 0 Å². The molecule has 31 heavy (non-hydrogen) atoms. The number of para-hydroxylation sites is 1. The second-order valence-electron chi connectivity index (χ2n) is 9.51. The highest BCUT2D eigenvalue weighted by molar-refractivity contribution is 5.92. The Hall–Kier alpha value is -3.29. The highest BCUT2D eigenvalue weighted by Gasteiger charge is 2.51. The standard InChI is InChI=1S/C23H24N6O2/c30-29(31)20-21(27-18-5-1-3-17-4-2-6-24-19(17)18)25-13-26-22(20)28-23-10-14-7-15(11-23)9-16(8-14)12-23/h1-6,13-16H,7-12H2,(H2,25,26,27,28). The fourth-order valence-electron chi connectivity index (χ4n) is 6.58. The van der Waals surface area contributed by atoms with Crippen molar-refractivity contribution in [1.82, 2.24) is 15.0 Å². The van der Waals surface area contributed by atoms with Crippen LogP contribution in [0.25, 0.3) is 10.9 Å². The molecule has 0 amide bonds. The van der Waals surface area contributed by atoms with Crippen LogP contribution in [0, 0.1) is 27.9 Å². The minimum atomic E-state index is -0.385. The zero-order chi connectivity index (χ0) is 21.0. The molecule has 0 atom stereocenters. The van der Waals surface area contributed by atoms with Crippen molar-refractivity contribution < 1.29 is 4.92 Å². The molecule has 4 aliphatic rings. The predicted molar refractivity (Wildman–Crippen MR) is 118 cm³/mol. The monoisotopic (exact) mass is 416 g/mol. The fourth-order valence-corrected chi connectivity index (χ4v) is 6.58. The van der Waals surface area contributed by atoms with E-state index in [1.54, 1.807) is 6.20 Å². The summed E-state index contributed by atoms with van der Waals surface area (Å²) in [6.45, 7) is 0. The molecular formula is C23H24N6O2. The molecule has 4 bridgehead atoms. The molecule has 2 aromatic heterocycles. The molecule has 0 spiro atoms. The average molecular weight is 416 g/mol. The summed E-state index contributed by atoms with van der Waals surface area (Å²) >= 11 is 0. The van der Waals surface area contributed by atoms with Gasteiger partial charge < -0.3 is 10.6 Å². The van der Waals surface area contributed by atoms with Gasteiger partial charge in [0.1, 0.15) is 6.33 Å². The van der Waals surface area contributed by atoms with Gasteiger partial charge in [0.25, 0.3) is 0 Å². The Morgan fingerprint density at radius 2 is 1.61 bits per heavy atom. The number of rotatable bonds is 5. The average Bonchev–Trinajstić information content (AvgIpc) is 2.73. The van der Waals surface area contributed by atoms with E-state index in [4.69, 9.17) is 0 Å². The minimum absolute atomic E-state index is 0.0772. The second kappa shape index (κ2) is 6.87. The molecule has 0 radical (unpaired) electrons. The summed E-state index contributed by atoms with van der Waals surface area (Å²) in [5.74, 6) is 2.71. The van der Waals surface area contributed by atoms with E-state index in [1.807, 2.05) is 30.3 Å². The molecule has 4 saturated carbocycles. The molecule has 3 aromatic rings. The molecule has 2 heterocycles. The summed E-state index contributed by atoms with van der Waals surface area (Å²) in [5, 5.41) is 19.8. The first-order valence-corrected chi connectivity index (χ1v) is 11.0. The zero-order valence-electron chi connectivity index (χ0n) is 17.1. The van der Waals surface area contributed by atoms with Gasteiger partial charge in [0, 0.05) is 17.1 Å². The van der Waals surface area contributed by atoms with Crippen LogP contribution in [0.1, 0.15) is 38.5 Å². The molecule has 8 heteroatoms. The van der Waals surface area contributed by atoms with E-state index in [-0.39, 0.29) is 22.0 Å². The summed E-state index contributed by atoms with van der Waals surface area (Å²) in [6.07, 6.45) is 10.3. The van der Waals surface area contributed by atoms with Crippen LogP contribution in [0.15, 0.2) is 42.9 Å². The highest BCUT2D eigenvalue weighted by atomic mass is 16.6. The molecule has 8 nitrogen and oxygen atoms in total. The first-order valence-electron chi connectivity index (χ1n) is 11.0. The van der Waals surface area contributed by atoms with Crippen LogP contribution in [0.5, 0.6) is 0 Å². The third kappa shape index (κ3) is 3.17. The summed E-state index contributed by atoms with van der Waals surface area (Å²) in [6, 6.07) is 9.54. The molecule has 0 unspecified atom stereocenters. The maximum atomic E-state index is 12.1. The zero-order valence-corrected chi connectivity index (χ0v) is 17.1. The summed E-state index contributed by atoms with van der Waals surface area (Å²) in [5.41, 5.74) is 1.24. The van der Waals surface area contributed by atoms with E-state index in [2.05, 4.69) is 25.6 Å². The quantitative estimate of drug-likeness (QED) is 0.442. The van der Waals surface area contributed by atoms with Crippen LogP contribution < -0.4 is 10.6 Å². The maximum Gasteiger partial charge on any atom is 0.353 e. The number of hydrogen-bond donors (Lipinski definition) is 2. The van der Waals surface area contributed by atoms with Gasteiger partial charge in [-0.3, -0.25) is 15.1 Å². The second-order valence-corrected chi connectivity index (χ2v) is 9.51. The lowest BCUT2D eigenvalue weighted by Crippen LogP contribution is -2.55. The summed E-state index contributed by atoms with van der Waals surface area (Å²) in [7, 11) is 0. The number of aromatic nitrogens is 3. The Kier molecular flexibility index (Phi) is 4.09.